The van der Waals surface area contributed by atoms with Gasteiger partial charge in [-0.3, -0.25) is 5.01 Å². The SMILES string of the molecule is Cc1ccc(/C=C/C2=NN(c3ccccc3)C(c3ccc(N(C)C)cc3)C2)cc1. The molecule has 0 saturated carbocycles. The van der Waals surface area contributed by atoms with E-state index in [1.807, 2.05) is 6.07 Å². The van der Waals surface area contributed by atoms with Gasteiger partial charge in [-0.15, -0.1) is 0 Å². The molecular weight excluding hydrogens is 354 g/mol. The summed E-state index contributed by atoms with van der Waals surface area (Å²) in [6.07, 6.45) is 5.19. The van der Waals surface area contributed by atoms with E-state index < -0.39 is 0 Å². The van der Waals surface area contributed by atoms with Gasteiger partial charge < -0.3 is 4.90 Å². The number of aryl methyl sites for hydroxylation is 1. The predicted octanol–water partition coefficient (Wildman–Crippen LogP) is 6.08. The monoisotopic (exact) mass is 381 g/mol. The van der Waals surface area contributed by atoms with Crippen LogP contribution in [0.2, 0.25) is 0 Å². The zero-order valence-electron chi connectivity index (χ0n) is 17.3. The van der Waals surface area contributed by atoms with Gasteiger partial charge in [-0.2, -0.15) is 5.10 Å². The summed E-state index contributed by atoms with van der Waals surface area (Å²) in [7, 11) is 4.13. The van der Waals surface area contributed by atoms with Crippen LogP contribution in [0.15, 0.2) is 90.0 Å². The van der Waals surface area contributed by atoms with Gasteiger partial charge in [0, 0.05) is 26.2 Å². The molecule has 0 amide bonds. The Hall–Kier alpha value is -3.33. The minimum atomic E-state index is 0.200. The second kappa shape index (κ2) is 8.36. The van der Waals surface area contributed by atoms with Gasteiger partial charge in [0.1, 0.15) is 0 Å². The van der Waals surface area contributed by atoms with Gasteiger partial charge in [0.05, 0.1) is 17.4 Å². The van der Waals surface area contributed by atoms with Crippen LogP contribution in [0.1, 0.15) is 29.2 Å². The molecular formula is C26H27N3. The molecule has 0 N–H and O–H groups in total. The lowest BCUT2D eigenvalue weighted by Gasteiger charge is -2.24. The maximum atomic E-state index is 4.96. The Bertz CT molecular complexity index is 1000. The highest BCUT2D eigenvalue weighted by Gasteiger charge is 2.28. The molecule has 3 nitrogen and oxygen atoms in total. The molecule has 1 aliphatic heterocycles. The van der Waals surface area contributed by atoms with Crippen molar-refractivity contribution in [2.45, 2.75) is 19.4 Å². The molecule has 0 radical (unpaired) electrons. The summed E-state index contributed by atoms with van der Waals surface area (Å²) in [6, 6.07) is 28.0. The van der Waals surface area contributed by atoms with Crippen molar-refractivity contribution < 1.29 is 0 Å². The van der Waals surface area contributed by atoms with E-state index in [9.17, 15) is 0 Å². The lowest BCUT2D eigenvalue weighted by molar-refractivity contribution is 0.709. The summed E-state index contributed by atoms with van der Waals surface area (Å²) in [4.78, 5) is 2.12. The summed E-state index contributed by atoms with van der Waals surface area (Å²) < 4.78 is 0. The van der Waals surface area contributed by atoms with Crippen LogP contribution in [-0.2, 0) is 0 Å². The smallest absolute Gasteiger partial charge is 0.0831 e. The fraction of sp³-hybridized carbons (Fsp3) is 0.192. The number of hydrogen-bond donors (Lipinski definition) is 0. The van der Waals surface area contributed by atoms with Crippen LogP contribution in [0.4, 0.5) is 11.4 Å². The van der Waals surface area contributed by atoms with Crippen LogP contribution in [0.3, 0.4) is 0 Å². The summed E-state index contributed by atoms with van der Waals surface area (Å²) in [5, 5.41) is 7.11. The van der Waals surface area contributed by atoms with E-state index in [0.29, 0.717) is 0 Å². The third-order valence-corrected chi connectivity index (χ3v) is 5.29. The van der Waals surface area contributed by atoms with Crippen molar-refractivity contribution in [1.82, 2.24) is 0 Å². The molecule has 146 valence electrons. The standard InChI is InChI=1S/C26H27N3/c1-20-9-11-21(12-10-20)13-16-23-19-26(22-14-17-24(18-15-22)28(2)3)29(27-23)25-7-5-4-6-8-25/h4-18,26H,19H2,1-3H3/b16-13+. The summed E-state index contributed by atoms with van der Waals surface area (Å²) >= 11 is 0. The molecule has 0 aliphatic carbocycles. The summed E-state index contributed by atoms with van der Waals surface area (Å²) in [5.74, 6) is 0. The number of nitrogens with zero attached hydrogens (tertiary/aromatic N) is 3. The Kier molecular flexibility index (Phi) is 5.48. The maximum Gasteiger partial charge on any atom is 0.0831 e. The molecule has 1 heterocycles. The minimum Gasteiger partial charge on any atom is -0.378 e. The van der Waals surface area contributed by atoms with Crippen LogP contribution < -0.4 is 9.91 Å². The summed E-state index contributed by atoms with van der Waals surface area (Å²) in [6.45, 7) is 2.11. The fourth-order valence-electron chi connectivity index (χ4n) is 3.58. The Morgan fingerprint density at radius 1 is 0.862 bits per heavy atom. The van der Waals surface area contributed by atoms with E-state index in [0.717, 1.165) is 17.8 Å². The van der Waals surface area contributed by atoms with Crippen molar-refractivity contribution in [3.63, 3.8) is 0 Å². The van der Waals surface area contributed by atoms with Crippen molar-refractivity contribution in [3.05, 3.63) is 102 Å². The zero-order chi connectivity index (χ0) is 20.2. The molecule has 0 saturated heterocycles. The van der Waals surface area contributed by atoms with Gasteiger partial charge in [0.2, 0.25) is 0 Å². The first kappa shape index (κ1) is 19.0. The molecule has 1 atom stereocenters. The lowest BCUT2D eigenvalue weighted by Crippen LogP contribution is -2.18. The fourth-order valence-corrected chi connectivity index (χ4v) is 3.58. The lowest BCUT2D eigenvalue weighted by atomic mass is 10.0. The maximum absolute atomic E-state index is 4.96. The van der Waals surface area contributed by atoms with E-state index >= 15 is 0 Å². The molecule has 1 unspecified atom stereocenters. The van der Waals surface area contributed by atoms with Crippen molar-refractivity contribution in [2.75, 3.05) is 24.0 Å². The number of rotatable bonds is 5. The quantitative estimate of drug-likeness (QED) is 0.533. The van der Waals surface area contributed by atoms with E-state index in [1.54, 1.807) is 0 Å². The van der Waals surface area contributed by atoms with Gasteiger partial charge in [-0.1, -0.05) is 66.2 Å². The average molecular weight is 382 g/mol. The van der Waals surface area contributed by atoms with Gasteiger partial charge in [-0.05, 0) is 48.4 Å². The molecule has 0 bridgehead atoms. The minimum absolute atomic E-state index is 0.200. The number of para-hydroxylation sites is 1. The van der Waals surface area contributed by atoms with Crippen LogP contribution >= 0.6 is 0 Å². The molecule has 1 aliphatic rings. The van der Waals surface area contributed by atoms with Crippen LogP contribution in [0.25, 0.3) is 6.08 Å². The van der Waals surface area contributed by atoms with Gasteiger partial charge >= 0.3 is 0 Å². The Balaban J connectivity index is 1.62. The molecule has 0 fully saturated rings. The van der Waals surface area contributed by atoms with E-state index in [1.165, 1.54) is 22.4 Å². The molecule has 4 rings (SSSR count). The number of hydrogen-bond acceptors (Lipinski definition) is 3. The van der Waals surface area contributed by atoms with E-state index in [4.69, 9.17) is 5.10 Å². The van der Waals surface area contributed by atoms with E-state index in [2.05, 4.69) is 116 Å². The van der Waals surface area contributed by atoms with Gasteiger partial charge in [0.25, 0.3) is 0 Å². The predicted molar refractivity (Wildman–Crippen MR) is 125 cm³/mol. The molecule has 0 aromatic heterocycles. The molecule has 0 spiro atoms. The van der Waals surface area contributed by atoms with Crippen LogP contribution in [-0.4, -0.2) is 19.8 Å². The Labute approximate surface area is 173 Å². The van der Waals surface area contributed by atoms with Gasteiger partial charge in [-0.25, -0.2) is 0 Å². The number of hydrazone groups is 1. The highest BCUT2D eigenvalue weighted by atomic mass is 15.5. The molecule has 3 heteroatoms. The van der Waals surface area contributed by atoms with Crippen molar-refractivity contribution >= 4 is 23.2 Å². The average Bonchev–Trinajstić information content (AvgIpc) is 3.18. The van der Waals surface area contributed by atoms with Gasteiger partial charge in [0.15, 0.2) is 0 Å². The van der Waals surface area contributed by atoms with Crippen molar-refractivity contribution in [2.24, 2.45) is 5.10 Å². The van der Waals surface area contributed by atoms with Crippen LogP contribution in [0, 0.1) is 6.92 Å². The van der Waals surface area contributed by atoms with Crippen molar-refractivity contribution in [3.8, 4) is 0 Å². The highest BCUT2D eigenvalue weighted by Crippen LogP contribution is 2.36. The number of allylic oxidation sites excluding steroid dienone is 1. The second-order valence-electron chi connectivity index (χ2n) is 7.72. The summed E-state index contributed by atoms with van der Waals surface area (Å²) in [5.41, 5.74) is 7.17. The largest absolute Gasteiger partial charge is 0.378 e. The molecule has 3 aromatic carbocycles. The first-order chi connectivity index (χ1) is 14.1. The Morgan fingerprint density at radius 2 is 1.55 bits per heavy atom. The first-order valence-corrected chi connectivity index (χ1v) is 10.0. The Morgan fingerprint density at radius 3 is 2.21 bits per heavy atom. The number of anilines is 2. The number of benzene rings is 3. The topological polar surface area (TPSA) is 18.8 Å². The highest BCUT2D eigenvalue weighted by molar-refractivity contribution is 6.01. The van der Waals surface area contributed by atoms with E-state index in [-0.39, 0.29) is 6.04 Å². The normalized spacial score (nSPS) is 16.3. The molecule has 29 heavy (non-hydrogen) atoms. The van der Waals surface area contributed by atoms with Crippen LogP contribution in [0.5, 0.6) is 0 Å². The zero-order valence-corrected chi connectivity index (χ0v) is 17.3. The molecule has 3 aromatic rings. The third-order valence-electron chi connectivity index (χ3n) is 5.29. The first-order valence-electron chi connectivity index (χ1n) is 10.0. The van der Waals surface area contributed by atoms with Crippen molar-refractivity contribution in [1.29, 1.82) is 0 Å². The second-order valence-corrected chi connectivity index (χ2v) is 7.72. The third kappa shape index (κ3) is 4.40.